The first-order valence-electron chi connectivity index (χ1n) is 6.28. The number of nitrogens with one attached hydrogen (secondary N) is 1. The van der Waals surface area contributed by atoms with Crippen LogP contribution >= 0.6 is 0 Å². The number of rotatable bonds is 3. The van der Waals surface area contributed by atoms with E-state index in [4.69, 9.17) is 5.84 Å². The van der Waals surface area contributed by atoms with Crippen LogP contribution in [0.4, 0.5) is 4.39 Å². The van der Waals surface area contributed by atoms with Crippen LogP contribution < -0.4 is 11.3 Å². The van der Waals surface area contributed by atoms with Gasteiger partial charge in [0.2, 0.25) is 0 Å². The molecule has 17 heavy (non-hydrogen) atoms. The van der Waals surface area contributed by atoms with Crippen LogP contribution in [0.15, 0.2) is 18.5 Å². The molecule has 2 rings (SSSR count). The summed E-state index contributed by atoms with van der Waals surface area (Å²) in [6.07, 6.45) is 7.50. The first kappa shape index (κ1) is 12.5. The highest BCUT2D eigenvalue weighted by molar-refractivity contribution is 5.18. The van der Waals surface area contributed by atoms with E-state index >= 15 is 0 Å². The van der Waals surface area contributed by atoms with Gasteiger partial charge in [-0.05, 0) is 30.7 Å². The van der Waals surface area contributed by atoms with Crippen LogP contribution in [0.1, 0.15) is 44.2 Å². The Balaban J connectivity index is 2.14. The molecule has 1 atom stereocenters. The van der Waals surface area contributed by atoms with Crippen molar-refractivity contribution < 1.29 is 4.39 Å². The van der Waals surface area contributed by atoms with Crippen LogP contribution in [-0.4, -0.2) is 4.98 Å². The standard InChI is InChI=1S/C13H20FN3/c1-9-2-4-10(5-3-9)13(17-15)11-6-7-16-8-12(11)14/h6-10,13,17H,2-5,15H2,1H3. The molecule has 94 valence electrons. The molecule has 1 unspecified atom stereocenters. The van der Waals surface area contributed by atoms with Crippen molar-refractivity contribution >= 4 is 0 Å². The van der Waals surface area contributed by atoms with Gasteiger partial charge in [0, 0.05) is 11.8 Å². The van der Waals surface area contributed by atoms with Gasteiger partial charge >= 0.3 is 0 Å². The Kier molecular flexibility index (Phi) is 4.07. The smallest absolute Gasteiger partial charge is 0.146 e. The lowest BCUT2D eigenvalue weighted by Gasteiger charge is -2.32. The largest absolute Gasteiger partial charge is 0.271 e. The molecule has 3 N–H and O–H groups in total. The second kappa shape index (κ2) is 5.56. The van der Waals surface area contributed by atoms with Gasteiger partial charge in [-0.15, -0.1) is 0 Å². The van der Waals surface area contributed by atoms with Crippen LogP contribution in [0.25, 0.3) is 0 Å². The minimum atomic E-state index is -0.269. The van der Waals surface area contributed by atoms with Crippen molar-refractivity contribution in [2.75, 3.05) is 0 Å². The van der Waals surface area contributed by atoms with Crippen molar-refractivity contribution in [2.24, 2.45) is 17.7 Å². The fraction of sp³-hybridized carbons (Fsp3) is 0.615. The molecule has 1 aromatic heterocycles. The maximum atomic E-state index is 13.7. The molecule has 0 amide bonds. The molecule has 0 aromatic carbocycles. The average molecular weight is 237 g/mol. The molecule has 1 aliphatic carbocycles. The molecule has 0 bridgehead atoms. The molecule has 1 fully saturated rings. The third-order valence-electron chi connectivity index (χ3n) is 3.85. The molecular formula is C13H20FN3. The van der Waals surface area contributed by atoms with E-state index in [0.717, 1.165) is 18.8 Å². The van der Waals surface area contributed by atoms with Gasteiger partial charge in [0.05, 0.1) is 12.2 Å². The Morgan fingerprint density at radius 3 is 2.71 bits per heavy atom. The molecular weight excluding hydrogens is 217 g/mol. The molecule has 1 heterocycles. The van der Waals surface area contributed by atoms with E-state index in [9.17, 15) is 4.39 Å². The summed E-state index contributed by atoms with van der Waals surface area (Å²) in [4.78, 5) is 3.78. The van der Waals surface area contributed by atoms with E-state index in [2.05, 4.69) is 17.3 Å². The van der Waals surface area contributed by atoms with E-state index in [1.807, 2.05) is 0 Å². The number of halogens is 1. The minimum absolute atomic E-state index is 0.0921. The molecule has 1 saturated carbocycles. The summed E-state index contributed by atoms with van der Waals surface area (Å²) < 4.78 is 13.7. The minimum Gasteiger partial charge on any atom is -0.271 e. The zero-order valence-corrected chi connectivity index (χ0v) is 10.2. The zero-order valence-electron chi connectivity index (χ0n) is 10.2. The maximum Gasteiger partial charge on any atom is 0.146 e. The Bertz CT molecular complexity index is 361. The summed E-state index contributed by atoms with van der Waals surface area (Å²) in [6.45, 7) is 2.27. The summed E-state index contributed by atoms with van der Waals surface area (Å²) in [5.41, 5.74) is 3.42. The van der Waals surface area contributed by atoms with Gasteiger partial charge in [-0.3, -0.25) is 16.3 Å². The zero-order chi connectivity index (χ0) is 12.3. The monoisotopic (exact) mass is 237 g/mol. The number of hydrogen-bond donors (Lipinski definition) is 2. The highest BCUT2D eigenvalue weighted by Crippen LogP contribution is 2.36. The van der Waals surface area contributed by atoms with Gasteiger partial charge in [0.25, 0.3) is 0 Å². The van der Waals surface area contributed by atoms with Crippen molar-refractivity contribution in [3.8, 4) is 0 Å². The molecule has 0 spiro atoms. The second-order valence-electron chi connectivity index (χ2n) is 5.06. The summed E-state index contributed by atoms with van der Waals surface area (Å²) in [5.74, 6) is 6.54. The number of hydrazine groups is 1. The molecule has 1 aliphatic rings. The van der Waals surface area contributed by atoms with E-state index in [1.54, 1.807) is 12.3 Å². The van der Waals surface area contributed by atoms with Crippen LogP contribution in [-0.2, 0) is 0 Å². The molecule has 4 heteroatoms. The van der Waals surface area contributed by atoms with Gasteiger partial charge in [0.1, 0.15) is 5.82 Å². The van der Waals surface area contributed by atoms with Crippen molar-refractivity contribution in [1.82, 2.24) is 10.4 Å². The third-order valence-corrected chi connectivity index (χ3v) is 3.85. The van der Waals surface area contributed by atoms with Crippen LogP contribution in [0.5, 0.6) is 0 Å². The number of aromatic nitrogens is 1. The highest BCUT2D eigenvalue weighted by Gasteiger charge is 2.28. The first-order chi connectivity index (χ1) is 8.22. The summed E-state index contributed by atoms with van der Waals surface area (Å²) in [5, 5.41) is 0. The van der Waals surface area contributed by atoms with Gasteiger partial charge in [-0.2, -0.15) is 0 Å². The summed E-state index contributed by atoms with van der Waals surface area (Å²) in [6, 6.07) is 1.63. The molecule has 3 nitrogen and oxygen atoms in total. The first-order valence-corrected chi connectivity index (χ1v) is 6.28. The number of pyridine rings is 1. The fourth-order valence-electron chi connectivity index (χ4n) is 2.74. The number of nitrogens with zero attached hydrogens (tertiary/aromatic N) is 1. The van der Waals surface area contributed by atoms with Crippen molar-refractivity contribution in [1.29, 1.82) is 0 Å². The normalized spacial score (nSPS) is 26.8. The quantitative estimate of drug-likeness (QED) is 0.627. The van der Waals surface area contributed by atoms with Crippen molar-refractivity contribution in [2.45, 2.75) is 38.6 Å². The van der Waals surface area contributed by atoms with Crippen molar-refractivity contribution in [3.05, 3.63) is 29.8 Å². The lowest BCUT2D eigenvalue weighted by atomic mass is 9.77. The molecule has 0 aliphatic heterocycles. The van der Waals surface area contributed by atoms with Crippen LogP contribution in [0.2, 0.25) is 0 Å². The molecule has 0 radical (unpaired) electrons. The lowest BCUT2D eigenvalue weighted by Crippen LogP contribution is -2.35. The van der Waals surface area contributed by atoms with E-state index in [-0.39, 0.29) is 11.9 Å². The molecule has 0 saturated heterocycles. The summed E-state index contributed by atoms with van der Waals surface area (Å²) >= 11 is 0. The maximum absolute atomic E-state index is 13.7. The predicted molar refractivity (Wildman–Crippen MR) is 65.4 cm³/mol. The van der Waals surface area contributed by atoms with E-state index in [1.165, 1.54) is 19.0 Å². The van der Waals surface area contributed by atoms with E-state index < -0.39 is 0 Å². The highest BCUT2D eigenvalue weighted by atomic mass is 19.1. The van der Waals surface area contributed by atoms with Gasteiger partial charge < -0.3 is 0 Å². The van der Waals surface area contributed by atoms with Gasteiger partial charge in [-0.1, -0.05) is 19.8 Å². The average Bonchev–Trinajstić information content (AvgIpc) is 2.35. The Morgan fingerprint density at radius 2 is 2.12 bits per heavy atom. The predicted octanol–water partition coefficient (Wildman–Crippen LogP) is 2.55. The van der Waals surface area contributed by atoms with Gasteiger partial charge in [0.15, 0.2) is 0 Å². The van der Waals surface area contributed by atoms with Crippen LogP contribution in [0.3, 0.4) is 0 Å². The second-order valence-corrected chi connectivity index (χ2v) is 5.06. The Labute approximate surface area is 102 Å². The number of hydrogen-bond acceptors (Lipinski definition) is 3. The fourth-order valence-corrected chi connectivity index (χ4v) is 2.74. The lowest BCUT2D eigenvalue weighted by molar-refractivity contribution is 0.229. The Morgan fingerprint density at radius 1 is 1.41 bits per heavy atom. The SMILES string of the molecule is CC1CCC(C(NN)c2ccncc2F)CC1. The van der Waals surface area contributed by atoms with Crippen LogP contribution in [0, 0.1) is 17.7 Å². The number of nitrogens with two attached hydrogens (primary N) is 1. The summed E-state index contributed by atoms with van der Waals surface area (Å²) in [7, 11) is 0. The Hall–Kier alpha value is -1.00. The van der Waals surface area contributed by atoms with Crippen molar-refractivity contribution in [3.63, 3.8) is 0 Å². The third kappa shape index (κ3) is 2.82. The topological polar surface area (TPSA) is 50.9 Å². The van der Waals surface area contributed by atoms with E-state index in [0.29, 0.717) is 11.5 Å². The molecule has 1 aromatic rings. The van der Waals surface area contributed by atoms with Gasteiger partial charge in [-0.25, -0.2) is 4.39 Å².